The molecule has 0 bridgehead atoms. The van der Waals surface area contributed by atoms with E-state index in [4.69, 9.17) is 9.26 Å². The molecule has 1 saturated heterocycles. The molecule has 0 aromatic heterocycles. The number of carbonyl (C=O) groups is 1. The van der Waals surface area contributed by atoms with Gasteiger partial charge in [-0.25, -0.2) is 9.34 Å². The highest BCUT2D eigenvalue weighted by atomic mass is 31.2. The molecule has 2 aromatic carbocycles. The molecule has 0 unspecified atom stereocenters. The van der Waals surface area contributed by atoms with Crippen LogP contribution in [-0.4, -0.2) is 47.2 Å². The van der Waals surface area contributed by atoms with E-state index in [0.29, 0.717) is 30.0 Å². The molecule has 1 aliphatic rings. The zero-order valence-electron chi connectivity index (χ0n) is 17.1. The van der Waals surface area contributed by atoms with Crippen molar-refractivity contribution >= 4 is 19.1 Å². The number of carbonyl (C=O) groups excluding carboxylic acids is 1. The summed E-state index contributed by atoms with van der Waals surface area (Å²) in [5.41, 5.74) is 0.913. The number of Topliss-reactive ketones (excluding diaryl/α,β-unsaturated/α-hetero) is 1. The van der Waals surface area contributed by atoms with Crippen LogP contribution in [0.1, 0.15) is 29.3 Å². The first kappa shape index (κ1) is 22.1. The van der Waals surface area contributed by atoms with Crippen molar-refractivity contribution < 1.29 is 23.5 Å². The second kappa shape index (κ2) is 9.06. The summed E-state index contributed by atoms with van der Waals surface area (Å²) in [6, 6.07) is 10.7. The van der Waals surface area contributed by atoms with Crippen molar-refractivity contribution in [3.05, 3.63) is 63.7 Å². The van der Waals surface area contributed by atoms with Crippen molar-refractivity contribution in [2.75, 3.05) is 27.2 Å². The average molecular weight is 433 g/mol. The Balaban J connectivity index is 1.81. The second-order valence-corrected chi connectivity index (χ2v) is 9.73. The number of rotatable bonds is 7. The van der Waals surface area contributed by atoms with Gasteiger partial charge in [0, 0.05) is 24.7 Å². The lowest BCUT2D eigenvalue weighted by molar-refractivity contribution is -0.385. The van der Waals surface area contributed by atoms with Crippen LogP contribution in [0.15, 0.2) is 42.5 Å². The van der Waals surface area contributed by atoms with Gasteiger partial charge in [0.15, 0.2) is 5.78 Å². The predicted octanol–water partition coefficient (Wildman–Crippen LogP) is 4.48. The van der Waals surface area contributed by atoms with Crippen molar-refractivity contribution in [2.24, 2.45) is 0 Å². The molecule has 0 saturated carbocycles. The maximum absolute atomic E-state index is 13.2. The van der Waals surface area contributed by atoms with Gasteiger partial charge < -0.3 is 9.26 Å². The van der Waals surface area contributed by atoms with E-state index in [9.17, 15) is 19.5 Å². The van der Waals surface area contributed by atoms with Gasteiger partial charge in [-0.1, -0.05) is 0 Å². The Kier molecular flexibility index (Phi) is 6.67. The lowest BCUT2D eigenvalue weighted by Crippen LogP contribution is -2.35. The molecular formula is C20H24N3O6P. The normalized spacial score (nSPS) is 16.9. The molecule has 30 heavy (non-hydrogen) atoms. The van der Waals surface area contributed by atoms with E-state index < -0.39 is 12.6 Å². The van der Waals surface area contributed by atoms with Gasteiger partial charge in [-0.3, -0.25) is 19.5 Å². The Labute approximate surface area is 174 Å². The summed E-state index contributed by atoms with van der Waals surface area (Å²) < 4.78 is 28.1. The number of ether oxygens (including phenoxy) is 1. The van der Waals surface area contributed by atoms with Crippen LogP contribution in [0.4, 0.5) is 5.69 Å². The minimum Gasteiger partial charge on any atom is -0.450 e. The SMILES string of the molecule is CC(=O)c1ccc(Oc2cc(COP3(=O)N(C)CCCN3C)ccc2[N+](=O)[O-])cc1. The number of benzene rings is 2. The maximum atomic E-state index is 13.2. The molecule has 0 atom stereocenters. The molecule has 160 valence electrons. The van der Waals surface area contributed by atoms with Crippen LogP contribution < -0.4 is 4.74 Å². The van der Waals surface area contributed by atoms with Gasteiger partial charge in [0.1, 0.15) is 5.75 Å². The zero-order valence-corrected chi connectivity index (χ0v) is 18.0. The van der Waals surface area contributed by atoms with E-state index in [1.165, 1.54) is 19.1 Å². The van der Waals surface area contributed by atoms with Crippen LogP contribution in [0.2, 0.25) is 0 Å². The minimum atomic E-state index is -3.13. The molecule has 9 nitrogen and oxygen atoms in total. The summed E-state index contributed by atoms with van der Waals surface area (Å²) in [7, 11) is 0.382. The van der Waals surface area contributed by atoms with Gasteiger partial charge in [-0.05, 0) is 69.4 Å². The molecule has 3 rings (SSSR count). The molecule has 0 radical (unpaired) electrons. The summed E-state index contributed by atoms with van der Waals surface area (Å²) >= 11 is 0. The highest BCUT2D eigenvalue weighted by molar-refractivity contribution is 7.53. The van der Waals surface area contributed by atoms with Crippen molar-refractivity contribution in [3.8, 4) is 11.5 Å². The van der Waals surface area contributed by atoms with Crippen molar-refractivity contribution in [1.82, 2.24) is 9.34 Å². The number of nitro groups is 1. The predicted molar refractivity (Wildman–Crippen MR) is 112 cm³/mol. The lowest BCUT2D eigenvalue weighted by atomic mass is 10.1. The number of hydrogen-bond acceptors (Lipinski definition) is 6. The molecule has 1 aliphatic heterocycles. The summed E-state index contributed by atoms with van der Waals surface area (Å²) in [5, 5.41) is 11.4. The van der Waals surface area contributed by atoms with E-state index in [1.54, 1.807) is 53.8 Å². The monoisotopic (exact) mass is 433 g/mol. The largest absolute Gasteiger partial charge is 0.450 e. The molecule has 0 amide bonds. The van der Waals surface area contributed by atoms with Crippen LogP contribution in [0.3, 0.4) is 0 Å². The fourth-order valence-electron chi connectivity index (χ4n) is 3.16. The molecule has 10 heteroatoms. The summed E-state index contributed by atoms with van der Waals surface area (Å²) in [4.78, 5) is 22.3. The molecule has 1 fully saturated rings. The van der Waals surface area contributed by atoms with E-state index in [2.05, 4.69) is 0 Å². The standard InChI is InChI=1S/C20H24N3O6P/c1-15(24)17-6-8-18(9-7-17)29-20-13-16(5-10-19(20)23(25)26)14-28-30(27)21(2)11-4-12-22(30)3/h5-10,13H,4,11-12,14H2,1-3H3. The van der Waals surface area contributed by atoms with Gasteiger partial charge in [-0.2, -0.15) is 0 Å². The maximum Gasteiger partial charge on any atom is 0.345 e. The minimum absolute atomic E-state index is 0.0174. The first-order chi connectivity index (χ1) is 14.2. The summed E-state index contributed by atoms with van der Waals surface area (Å²) in [6.45, 7) is 2.82. The molecule has 0 aliphatic carbocycles. The Hall–Kier alpha value is -2.58. The molecule has 1 heterocycles. The number of hydrogen-bond donors (Lipinski definition) is 0. The Morgan fingerprint density at radius 2 is 1.77 bits per heavy atom. The van der Waals surface area contributed by atoms with Gasteiger partial charge >= 0.3 is 13.4 Å². The van der Waals surface area contributed by atoms with Crippen LogP contribution in [0, 0.1) is 10.1 Å². The Morgan fingerprint density at radius 1 is 1.13 bits per heavy atom. The lowest BCUT2D eigenvalue weighted by Gasteiger charge is -2.38. The van der Waals surface area contributed by atoms with E-state index in [-0.39, 0.29) is 23.8 Å². The van der Waals surface area contributed by atoms with Gasteiger partial charge in [0.25, 0.3) is 0 Å². The van der Waals surface area contributed by atoms with Gasteiger partial charge in [-0.15, -0.1) is 0 Å². The third kappa shape index (κ3) is 4.76. The molecule has 0 N–H and O–H groups in total. The summed E-state index contributed by atoms with van der Waals surface area (Å²) in [5.74, 6) is 0.320. The number of ketones is 1. The number of nitrogens with zero attached hydrogens (tertiary/aromatic N) is 3. The topological polar surface area (TPSA) is 102 Å². The third-order valence-corrected chi connectivity index (χ3v) is 7.53. The van der Waals surface area contributed by atoms with Crippen molar-refractivity contribution in [2.45, 2.75) is 20.0 Å². The van der Waals surface area contributed by atoms with Gasteiger partial charge in [0.2, 0.25) is 5.75 Å². The number of nitro benzene ring substituents is 1. The molecule has 2 aromatic rings. The van der Waals surface area contributed by atoms with Crippen LogP contribution in [0.25, 0.3) is 0 Å². The fourth-order valence-corrected chi connectivity index (χ4v) is 5.18. The molecular weight excluding hydrogens is 409 g/mol. The highest BCUT2D eigenvalue weighted by Gasteiger charge is 2.37. The first-order valence-corrected chi connectivity index (χ1v) is 11.0. The van der Waals surface area contributed by atoms with E-state index in [0.717, 1.165) is 6.42 Å². The van der Waals surface area contributed by atoms with Crippen molar-refractivity contribution in [1.29, 1.82) is 0 Å². The highest BCUT2D eigenvalue weighted by Crippen LogP contribution is 2.55. The van der Waals surface area contributed by atoms with Crippen LogP contribution in [0.5, 0.6) is 11.5 Å². The van der Waals surface area contributed by atoms with Gasteiger partial charge in [0.05, 0.1) is 11.5 Å². The van der Waals surface area contributed by atoms with E-state index in [1.807, 2.05) is 0 Å². The van der Waals surface area contributed by atoms with E-state index >= 15 is 0 Å². The fraction of sp³-hybridized carbons (Fsp3) is 0.350. The quantitative estimate of drug-likeness (QED) is 0.273. The first-order valence-electron chi connectivity index (χ1n) is 9.44. The smallest absolute Gasteiger partial charge is 0.345 e. The van der Waals surface area contributed by atoms with Crippen molar-refractivity contribution in [3.63, 3.8) is 0 Å². The Morgan fingerprint density at radius 3 is 2.33 bits per heavy atom. The third-order valence-electron chi connectivity index (χ3n) is 4.94. The Bertz CT molecular complexity index is 981. The second-order valence-electron chi connectivity index (χ2n) is 7.12. The average Bonchev–Trinajstić information content (AvgIpc) is 2.71. The molecule has 0 spiro atoms. The summed E-state index contributed by atoms with van der Waals surface area (Å²) in [6.07, 6.45) is 0.901. The van der Waals surface area contributed by atoms with Crippen LogP contribution >= 0.6 is 7.67 Å². The zero-order chi connectivity index (χ0) is 21.9. The van der Waals surface area contributed by atoms with Crippen LogP contribution in [-0.2, 0) is 15.7 Å².